The highest BCUT2D eigenvalue weighted by Crippen LogP contribution is 2.18. The number of amides is 2. The second-order valence-corrected chi connectivity index (χ2v) is 8.67. The Kier molecular flexibility index (Phi) is 9.24. The van der Waals surface area contributed by atoms with Crippen molar-refractivity contribution in [2.45, 2.75) is 52.1 Å². The minimum absolute atomic E-state index is 0.0220. The molecule has 5 nitrogen and oxygen atoms in total. The van der Waals surface area contributed by atoms with Crippen LogP contribution in [0.25, 0.3) is 0 Å². The van der Waals surface area contributed by atoms with Crippen LogP contribution in [0.2, 0.25) is 0 Å². The van der Waals surface area contributed by atoms with Crippen molar-refractivity contribution in [1.82, 2.24) is 10.2 Å². The lowest BCUT2D eigenvalue weighted by molar-refractivity contribution is -0.138. The molecule has 0 bridgehead atoms. The van der Waals surface area contributed by atoms with Gasteiger partial charge in [0, 0.05) is 18.3 Å². The smallest absolute Gasteiger partial charge is 0.242 e. The number of hydrogen-bond acceptors (Lipinski definition) is 4. The van der Waals surface area contributed by atoms with Gasteiger partial charge in [-0.2, -0.15) is 0 Å². The molecule has 0 aliphatic carbocycles. The molecule has 30 heavy (non-hydrogen) atoms. The summed E-state index contributed by atoms with van der Waals surface area (Å²) in [5.74, 6) is 1.65. The predicted molar refractivity (Wildman–Crippen MR) is 124 cm³/mol. The SMILES string of the molecule is COc1ccc(CN(C(=O)CSCc2ccc(C)cc2)[C@H](C)C(=O)NC(C)C)cc1. The predicted octanol–water partition coefficient (Wildman–Crippen LogP) is 4.18. The molecule has 2 aromatic carbocycles. The van der Waals surface area contributed by atoms with Crippen LogP contribution in [0.1, 0.15) is 37.5 Å². The summed E-state index contributed by atoms with van der Waals surface area (Å²) in [6.45, 7) is 8.04. The van der Waals surface area contributed by atoms with E-state index in [-0.39, 0.29) is 17.9 Å². The summed E-state index contributed by atoms with van der Waals surface area (Å²) in [5.41, 5.74) is 3.36. The van der Waals surface area contributed by atoms with E-state index in [2.05, 4.69) is 36.5 Å². The topological polar surface area (TPSA) is 58.6 Å². The number of methoxy groups -OCH3 is 1. The summed E-state index contributed by atoms with van der Waals surface area (Å²) >= 11 is 1.57. The fourth-order valence-electron chi connectivity index (χ4n) is 2.94. The zero-order chi connectivity index (χ0) is 22.1. The third-order valence-corrected chi connectivity index (χ3v) is 5.71. The maximum absolute atomic E-state index is 13.0. The van der Waals surface area contributed by atoms with Crippen molar-refractivity contribution in [2.75, 3.05) is 12.9 Å². The average Bonchev–Trinajstić information content (AvgIpc) is 2.72. The lowest BCUT2D eigenvalue weighted by Gasteiger charge is -2.29. The Balaban J connectivity index is 2.06. The Labute approximate surface area is 184 Å². The first kappa shape index (κ1) is 23.8. The van der Waals surface area contributed by atoms with Gasteiger partial charge in [0.25, 0.3) is 0 Å². The van der Waals surface area contributed by atoms with Crippen LogP contribution in [-0.4, -0.2) is 41.7 Å². The highest BCUT2D eigenvalue weighted by atomic mass is 32.2. The molecule has 1 N–H and O–H groups in total. The van der Waals surface area contributed by atoms with Crippen molar-refractivity contribution in [3.63, 3.8) is 0 Å². The van der Waals surface area contributed by atoms with E-state index in [0.717, 1.165) is 17.1 Å². The maximum atomic E-state index is 13.0. The van der Waals surface area contributed by atoms with Crippen molar-refractivity contribution in [2.24, 2.45) is 0 Å². The van der Waals surface area contributed by atoms with Crippen LogP contribution in [-0.2, 0) is 21.9 Å². The van der Waals surface area contributed by atoms with E-state index in [9.17, 15) is 9.59 Å². The Bertz CT molecular complexity index is 819. The summed E-state index contributed by atoms with van der Waals surface area (Å²) in [6, 6.07) is 15.4. The number of nitrogens with zero attached hydrogens (tertiary/aromatic N) is 1. The molecule has 162 valence electrons. The van der Waals surface area contributed by atoms with Crippen LogP contribution < -0.4 is 10.1 Å². The van der Waals surface area contributed by atoms with Crippen LogP contribution in [0.15, 0.2) is 48.5 Å². The van der Waals surface area contributed by atoms with Gasteiger partial charge in [-0.25, -0.2) is 0 Å². The molecule has 0 radical (unpaired) electrons. The molecule has 0 saturated heterocycles. The molecular weight excluding hydrogens is 396 g/mol. The monoisotopic (exact) mass is 428 g/mol. The molecule has 2 rings (SSSR count). The number of thioether (sulfide) groups is 1. The highest BCUT2D eigenvalue weighted by Gasteiger charge is 2.26. The quantitative estimate of drug-likeness (QED) is 0.617. The van der Waals surface area contributed by atoms with Crippen LogP contribution in [0.3, 0.4) is 0 Å². The average molecular weight is 429 g/mol. The van der Waals surface area contributed by atoms with Crippen molar-refractivity contribution in [1.29, 1.82) is 0 Å². The van der Waals surface area contributed by atoms with Gasteiger partial charge in [0.1, 0.15) is 11.8 Å². The first-order valence-electron chi connectivity index (χ1n) is 10.2. The van der Waals surface area contributed by atoms with Crippen molar-refractivity contribution < 1.29 is 14.3 Å². The second kappa shape index (κ2) is 11.6. The fourth-order valence-corrected chi connectivity index (χ4v) is 3.81. The largest absolute Gasteiger partial charge is 0.497 e. The number of aryl methyl sites for hydroxylation is 1. The maximum Gasteiger partial charge on any atom is 0.242 e. The molecule has 0 saturated carbocycles. The normalized spacial score (nSPS) is 11.8. The first-order valence-corrected chi connectivity index (χ1v) is 11.3. The highest BCUT2D eigenvalue weighted by molar-refractivity contribution is 7.99. The van der Waals surface area contributed by atoms with E-state index < -0.39 is 6.04 Å². The van der Waals surface area contributed by atoms with Gasteiger partial charge in [-0.15, -0.1) is 11.8 Å². The molecule has 2 aromatic rings. The van der Waals surface area contributed by atoms with Gasteiger partial charge in [-0.05, 0) is 51.0 Å². The summed E-state index contributed by atoms with van der Waals surface area (Å²) in [4.78, 5) is 27.3. The number of carbonyl (C=O) groups excluding carboxylic acids is 2. The lowest BCUT2D eigenvalue weighted by atomic mass is 10.1. The number of ether oxygens (including phenoxy) is 1. The van der Waals surface area contributed by atoms with E-state index in [1.165, 1.54) is 11.1 Å². The van der Waals surface area contributed by atoms with Gasteiger partial charge in [-0.3, -0.25) is 9.59 Å². The Morgan fingerprint density at radius 1 is 1.00 bits per heavy atom. The number of carbonyl (C=O) groups is 2. The molecular formula is C24H32N2O3S. The molecule has 2 amide bonds. The third kappa shape index (κ3) is 7.41. The van der Waals surface area contributed by atoms with E-state index in [1.54, 1.807) is 30.7 Å². The summed E-state index contributed by atoms with van der Waals surface area (Å²) in [6.07, 6.45) is 0. The molecule has 0 unspecified atom stereocenters. The molecule has 6 heteroatoms. The van der Waals surface area contributed by atoms with Crippen LogP contribution in [0, 0.1) is 6.92 Å². The fraction of sp³-hybridized carbons (Fsp3) is 0.417. The summed E-state index contributed by atoms with van der Waals surface area (Å²) in [5, 5.41) is 2.91. The third-order valence-electron chi connectivity index (χ3n) is 4.73. The molecule has 0 spiro atoms. The van der Waals surface area contributed by atoms with Crippen molar-refractivity contribution >= 4 is 23.6 Å². The molecule has 0 aliphatic heterocycles. The minimum Gasteiger partial charge on any atom is -0.497 e. The van der Waals surface area contributed by atoms with Gasteiger partial charge < -0.3 is 15.0 Å². The Morgan fingerprint density at radius 2 is 1.60 bits per heavy atom. The molecule has 0 heterocycles. The zero-order valence-corrected chi connectivity index (χ0v) is 19.3. The molecule has 0 fully saturated rings. The second-order valence-electron chi connectivity index (χ2n) is 7.69. The summed E-state index contributed by atoms with van der Waals surface area (Å²) < 4.78 is 5.21. The zero-order valence-electron chi connectivity index (χ0n) is 18.5. The van der Waals surface area contributed by atoms with Gasteiger partial charge in [-0.1, -0.05) is 42.0 Å². The molecule has 0 aliphatic rings. The Hall–Kier alpha value is -2.47. The van der Waals surface area contributed by atoms with E-state index in [4.69, 9.17) is 4.74 Å². The standard InChI is InChI=1S/C24H32N2O3S/c1-17(2)25-24(28)19(4)26(14-20-10-12-22(29-5)13-11-20)23(27)16-30-15-21-8-6-18(3)7-9-21/h6-13,17,19H,14-16H2,1-5H3,(H,25,28)/t19-/m1/s1. The van der Waals surface area contributed by atoms with Gasteiger partial charge >= 0.3 is 0 Å². The molecule has 0 aromatic heterocycles. The first-order chi connectivity index (χ1) is 14.3. The van der Waals surface area contributed by atoms with E-state index >= 15 is 0 Å². The number of nitrogens with one attached hydrogen (secondary N) is 1. The van der Waals surface area contributed by atoms with E-state index in [1.807, 2.05) is 38.1 Å². The minimum atomic E-state index is -0.554. The Morgan fingerprint density at radius 3 is 2.17 bits per heavy atom. The van der Waals surface area contributed by atoms with Gasteiger partial charge in [0.15, 0.2) is 0 Å². The number of hydrogen-bond donors (Lipinski definition) is 1. The van der Waals surface area contributed by atoms with Crippen LogP contribution in [0.5, 0.6) is 5.75 Å². The van der Waals surface area contributed by atoms with Crippen molar-refractivity contribution in [3.8, 4) is 5.75 Å². The van der Waals surface area contributed by atoms with Crippen LogP contribution in [0.4, 0.5) is 0 Å². The molecule has 1 atom stereocenters. The van der Waals surface area contributed by atoms with Gasteiger partial charge in [0.2, 0.25) is 11.8 Å². The number of benzene rings is 2. The van der Waals surface area contributed by atoms with Crippen molar-refractivity contribution in [3.05, 3.63) is 65.2 Å². The number of rotatable bonds is 10. The summed E-state index contributed by atoms with van der Waals surface area (Å²) in [7, 11) is 1.62. The van der Waals surface area contributed by atoms with E-state index in [0.29, 0.717) is 12.3 Å². The lowest BCUT2D eigenvalue weighted by Crippen LogP contribution is -2.49. The van der Waals surface area contributed by atoms with Crippen LogP contribution >= 0.6 is 11.8 Å². The van der Waals surface area contributed by atoms with Gasteiger partial charge in [0.05, 0.1) is 12.9 Å².